The van der Waals surface area contributed by atoms with Gasteiger partial charge in [-0.1, -0.05) is 200 Å². The van der Waals surface area contributed by atoms with Gasteiger partial charge in [-0.25, -0.2) is 0 Å². The maximum atomic E-state index is 6.61. The van der Waals surface area contributed by atoms with E-state index in [1.54, 1.807) is 0 Å². The molecule has 17 rings (SSSR count). The van der Waals surface area contributed by atoms with Crippen molar-refractivity contribution in [3.8, 4) is 44.5 Å². The van der Waals surface area contributed by atoms with Crippen LogP contribution in [0.1, 0.15) is 0 Å². The standard InChI is InChI=1S/C72H40O2S/c1-3-17-45-41(15-1)31-35-55-60-39-43(33-37-62(60)73-70(45)55)65-47-19-5-9-23-51(47)67(52-24-10-6-20-48(52)65)57-27-14-30-64-69(57)59-29-13-28-58(72(59)75-64)68-53-25-11-7-21-49(53)66(50-22-8-12-26-54(50)68)44-34-38-63-61(40-44)56-36-32-42-16-2-4-18-46(42)71(56)74-63/h1-40H. The molecule has 0 radical (unpaired) electrons. The largest absolute Gasteiger partial charge is 0.455 e. The summed E-state index contributed by atoms with van der Waals surface area (Å²) in [4.78, 5) is 0. The molecule has 346 valence electrons. The zero-order chi connectivity index (χ0) is 48.9. The number of rotatable bonds is 4. The fraction of sp³-hybridized carbons (Fsp3) is 0. The molecular formula is C72H40O2S. The fourth-order valence-corrected chi connectivity index (χ4v) is 14.3. The second kappa shape index (κ2) is 15.5. The highest BCUT2D eigenvalue weighted by atomic mass is 32.1. The first-order valence-electron chi connectivity index (χ1n) is 25.7. The monoisotopic (exact) mass is 968 g/mol. The lowest BCUT2D eigenvalue weighted by molar-refractivity contribution is 0.672. The molecule has 0 fully saturated rings. The Morgan fingerprint density at radius 1 is 0.253 bits per heavy atom. The van der Waals surface area contributed by atoms with E-state index >= 15 is 0 Å². The quantitative estimate of drug-likeness (QED) is 0.164. The van der Waals surface area contributed by atoms with Gasteiger partial charge in [-0.15, -0.1) is 11.3 Å². The Hall–Kier alpha value is -9.54. The maximum absolute atomic E-state index is 6.61. The van der Waals surface area contributed by atoms with Crippen molar-refractivity contribution in [1.82, 2.24) is 0 Å². The zero-order valence-electron chi connectivity index (χ0n) is 40.3. The molecule has 3 aromatic heterocycles. The van der Waals surface area contributed by atoms with Gasteiger partial charge < -0.3 is 8.83 Å². The number of fused-ring (bicyclic) bond motifs is 17. The van der Waals surface area contributed by atoms with Crippen LogP contribution < -0.4 is 0 Å². The van der Waals surface area contributed by atoms with Crippen molar-refractivity contribution in [3.05, 3.63) is 243 Å². The molecule has 0 bridgehead atoms. The topological polar surface area (TPSA) is 26.3 Å². The average molecular weight is 969 g/mol. The van der Waals surface area contributed by atoms with Gasteiger partial charge in [-0.05, 0) is 135 Å². The Balaban J connectivity index is 0.877. The molecule has 0 aliphatic rings. The van der Waals surface area contributed by atoms with Crippen molar-refractivity contribution in [1.29, 1.82) is 0 Å². The first-order valence-corrected chi connectivity index (χ1v) is 26.5. The van der Waals surface area contributed by atoms with Crippen LogP contribution >= 0.6 is 11.3 Å². The van der Waals surface area contributed by atoms with E-state index in [-0.39, 0.29) is 0 Å². The molecule has 0 spiro atoms. The van der Waals surface area contributed by atoms with Crippen LogP contribution in [0.2, 0.25) is 0 Å². The van der Waals surface area contributed by atoms with Gasteiger partial charge in [-0.2, -0.15) is 0 Å². The normalized spacial score (nSPS) is 12.3. The van der Waals surface area contributed by atoms with Crippen LogP contribution in [0.5, 0.6) is 0 Å². The lowest BCUT2D eigenvalue weighted by Gasteiger charge is -2.19. The van der Waals surface area contributed by atoms with Crippen molar-refractivity contribution in [2.75, 3.05) is 0 Å². The van der Waals surface area contributed by atoms with E-state index < -0.39 is 0 Å². The minimum absolute atomic E-state index is 0.901. The van der Waals surface area contributed by atoms with E-state index in [9.17, 15) is 0 Å². The molecular weight excluding hydrogens is 929 g/mol. The highest BCUT2D eigenvalue weighted by Gasteiger charge is 2.24. The molecule has 0 aliphatic heterocycles. The van der Waals surface area contributed by atoms with E-state index in [1.807, 2.05) is 11.3 Å². The smallest absolute Gasteiger partial charge is 0.143 e. The number of hydrogen-bond acceptors (Lipinski definition) is 3. The van der Waals surface area contributed by atoms with Crippen LogP contribution in [-0.4, -0.2) is 0 Å². The van der Waals surface area contributed by atoms with Gasteiger partial charge in [0, 0.05) is 58.1 Å². The van der Waals surface area contributed by atoms with Crippen molar-refractivity contribution >= 4 is 140 Å². The Morgan fingerprint density at radius 3 is 1.12 bits per heavy atom. The summed E-state index contributed by atoms with van der Waals surface area (Å²) in [5.41, 5.74) is 13.5. The second-order valence-corrected chi connectivity index (χ2v) is 21.2. The summed E-state index contributed by atoms with van der Waals surface area (Å²) in [6, 6.07) is 89.3. The van der Waals surface area contributed by atoms with Crippen LogP contribution in [0.3, 0.4) is 0 Å². The van der Waals surface area contributed by atoms with Gasteiger partial charge in [0.25, 0.3) is 0 Å². The van der Waals surface area contributed by atoms with E-state index in [4.69, 9.17) is 8.83 Å². The van der Waals surface area contributed by atoms with E-state index in [0.29, 0.717) is 0 Å². The van der Waals surface area contributed by atoms with Gasteiger partial charge in [0.1, 0.15) is 22.3 Å². The minimum atomic E-state index is 0.901. The van der Waals surface area contributed by atoms with E-state index in [0.717, 1.165) is 54.6 Å². The highest BCUT2D eigenvalue weighted by Crippen LogP contribution is 2.52. The number of thiophene rings is 1. The summed E-state index contributed by atoms with van der Waals surface area (Å²) in [5.74, 6) is 0. The van der Waals surface area contributed by atoms with Gasteiger partial charge in [0.05, 0.1) is 0 Å². The predicted molar refractivity (Wildman–Crippen MR) is 321 cm³/mol. The zero-order valence-corrected chi connectivity index (χ0v) is 41.1. The lowest BCUT2D eigenvalue weighted by atomic mass is 9.84. The Bertz CT molecular complexity index is 5200. The van der Waals surface area contributed by atoms with Crippen LogP contribution in [0, 0.1) is 0 Å². The summed E-state index contributed by atoms with van der Waals surface area (Å²) >= 11 is 1.91. The molecule has 0 saturated carbocycles. The van der Waals surface area contributed by atoms with Crippen LogP contribution in [0.4, 0.5) is 0 Å². The summed E-state index contributed by atoms with van der Waals surface area (Å²) in [6.45, 7) is 0. The molecule has 14 aromatic carbocycles. The number of hydrogen-bond donors (Lipinski definition) is 0. The molecule has 17 aromatic rings. The predicted octanol–water partition coefficient (Wildman–Crippen LogP) is 21.4. The molecule has 2 nitrogen and oxygen atoms in total. The maximum Gasteiger partial charge on any atom is 0.143 e. The van der Waals surface area contributed by atoms with Gasteiger partial charge in [0.15, 0.2) is 0 Å². The SMILES string of the molecule is c1ccc2c(c1)ccc1c3cc(-c4c5ccccc5c(-c5cccc6c5sc5cccc(-c7c8ccccc8c(-c8ccc9oc%10c%11ccccc%11ccc%10c9c8)c8ccccc78)c56)c5ccccc45)ccc3oc21. The van der Waals surface area contributed by atoms with E-state index in [1.165, 1.54) is 119 Å². The Kier molecular flexibility index (Phi) is 8.46. The van der Waals surface area contributed by atoms with Gasteiger partial charge >= 0.3 is 0 Å². The first-order chi connectivity index (χ1) is 37.2. The number of benzene rings is 14. The number of furan rings is 2. The van der Waals surface area contributed by atoms with Crippen LogP contribution in [0.25, 0.3) is 173 Å². The third-order valence-corrected chi connectivity index (χ3v) is 17.4. The van der Waals surface area contributed by atoms with Crippen molar-refractivity contribution in [2.24, 2.45) is 0 Å². The minimum Gasteiger partial charge on any atom is -0.455 e. The van der Waals surface area contributed by atoms with Crippen molar-refractivity contribution in [3.63, 3.8) is 0 Å². The lowest BCUT2D eigenvalue weighted by Crippen LogP contribution is -1.91. The van der Waals surface area contributed by atoms with Gasteiger partial charge in [-0.3, -0.25) is 0 Å². The molecule has 0 amide bonds. The fourth-order valence-electron chi connectivity index (χ4n) is 13.0. The molecule has 3 heteroatoms. The third-order valence-electron chi connectivity index (χ3n) is 16.2. The molecule has 75 heavy (non-hydrogen) atoms. The van der Waals surface area contributed by atoms with Crippen LogP contribution in [0.15, 0.2) is 251 Å². The molecule has 0 saturated heterocycles. The van der Waals surface area contributed by atoms with Crippen molar-refractivity contribution < 1.29 is 8.83 Å². The molecule has 0 atom stereocenters. The Morgan fingerprint density at radius 2 is 0.640 bits per heavy atom. The highest BCUT2D eigenvalue weighted by molar-refractivity contribution is 7.26. The first kappa shape index (κ1) is 41.0. The van der Waals surface area contributed by atoms with Gasteiger partial charge in [0.2, 0.25) is 0 Å². The molecule has 0 N–H and O–H groups in total. The molecule has 3 heterocycles. The average Bonchev–Trinajstić information content (AvgIpc) is 4.22. The summed E-state index contributed by atoms with van der Waals surface area (Å²) in [7, 11) is 0. The molecule has 0 unspecified atom stereocenters. The Labute approximate surface area is 433 Å². The van der Waals surface area contributed by atoms with Crippen molar-refractivity contribution in [2.45, 2.75) is 0 Å². The van der Waals surface area contributed by atoms with E-state index in [2.05, 4.69) is 243 Å². The summed E-state index contributed by atoms with van der Waals surface area (Å²) < 4.78 is 15.8. The summed E-state index contributed by atoms with van der Waals surface area (Å²) in [5, 5.41) is 21.6. The van der Waals surface area contributed by atoms with Crippen LogP contribution in [-0.2, 0) is 0 Å². The second-order valence-electron chi connectivity index (χ2n) is 20.1. The molecule has 0 aliphatic carbocycles. The third kappa shape index (κ3) is 5.79. The summed E-state index contributed by atoms with van der Waals surface area (Å²) in [6.07, 6.45) is 0.